The molecule has 3 nitrogen and oxygen atoms in total. The van der Waals surface area contributed by atoms with Crippen LogP contribution in [-0.4, -0.2) is 19.6 Å². The number of carbonyl (C=O) groups excluding carboxylic acids is 1. The van der Waals surface area contributed by atoms with E-state index >= 15 is 0 Å². The molecule has 0 spiro atoms. The zero-order valence-corrected chi connectivity index (χ0v) is 8.77. The molecule has 1 heterocycles. The number of carbonyl (C=O) groups is 1. The smallest absolute Gasteiger partial charge is 0.310 e. The van der Waals surface area contributed by atoms with Gasteiger partial charge in [0.25, 0.3) is 0 Å². The minimum atomic E-state index is -0.117. The summed E-state index contributed by atoms with van der Waals surface area (Å²) in [5.74, 6) is -0.161. The molecule has 1 saturated heterocycles. The van der Waals surface area contributed by atoms with Crippen molar-refractivity contribution in [1.29, 1.82) is 0 Å². The van der Waals surface area contributed by atoms with E-state index in [1.807, 2.05) is 30.3 Å². The standard InChI is InChI=1S/C12H15NO2/c1-15-12(14)10-7-8-13-11(10)9-5-3-2-4-6-9/h2-6,10-11,13H,7-8H2,1H3. The predicted molar refractivity (Wildman–Crippen MR) is 57.3 cm³/mol. The molecule has 80 valence electrons. The third-order valence-corrected chi connectivity index (χ3v) is 2.88. The van der Waals surface area contributed by atoms with E-state index in [1.54, 1.807) is 0 Å². The van der Waals surface area contributed by atoms with Crippen molar-refractivity contribution < 1.29 is 9.53 Å². The molecule has 1 fully saturated rings. The number of methoxy groups -OCH3 is 1. The molecule has 3 heteroatoms. The van der Waals surface area contributed by atoms with Crippen LogP contribution < -0.4 is 5.32 Å². The number of rotatable bonds is 2. The molecule has 0 aliphatic carbocycles. The lowest BCUT2D eigenvalue weighted by Gasteiger charge is -2.17. The summed E-state index contributed by atoms with van der Waals surface area (Å²) in [6.07, 6.45) is 0.853. The van der Waals surface area contributed by atoms with Gasteiger partial charge in [-0.25, -0.2) is 0 Å². The summed E-state index contributed by atoms with van der Waals surface area (Å²) in [6.45, 7) is 0.874. The van der Waals surface area contributed by atoms with Crippen molar-refractivity contribution in [3.05, 3.63) is 35.9 Å². The van der Waals surface area contributed by atoms with Crippen LogP contribution in [0.2, 0.25) is 0 Å². The van der Waals surface area contributed by atoms with Crippen molar-refractivity contribution in [2.45, 2.75) is 12.5 Å². The normalized spacial score (nSPS) is 25.1. The Hall–Kier alpha value is -1.35. The van der Waals surface area contributed by atoms with Gasteiger partial charge in [0.2, 0.25) is 0 Å². The predicted octanol–water partition coefficient (Wildman–Crippen LogP) is 1.51. The average Bonchev–Trinajstić information content (AvgIpc) is 2.78. The van der Waals surface area contributed by atoms with Crippen LogP contribution in [0, 0.1) is 5.92 Å². The minimum absolute atomic E-state index is 0.0441. The Morgan fingerprint density at radius 2 is 2.13 bits per heavy atom. The molecule has 0 amide bonds. The molecule has 15 heavy (non-hydrogen) atoms. The van der Waals surface area contributed by atoms with Gasteiger partial charge in [0, 0.05) is 6.04 Å². The SMILES string of the molecule is COC(=O)C1CCNC1c1ccccc1. The largest absolute Gasteiger partial charge is 0.469 e. The van der Waals surface area contributed by atoms with Crippen LogP contribution in [0.25, 0.3) is 0 Å². The Labute approximate surface area is 89.4 Å². The summed E-state index contributed by atoms with van der Waals surface area (Å²) in [5, 5.41) is 3.34. The first kappa shape index (κ1) is 10.2. The van der Waals surface area contributed by atoms with E-state index < -0.39 is 0 Å². The van der Waals surface area contributed by atoms with Gasteiger partial charge in [0.05, 0.1) is 13.0 Å². The molecule has 1 aromatic carbocycles. The molecule has 2 atom stereocenters. The summed E-state index contributed by atoms with van der Waals surface area (Å²) in [5.41, 5.74) is 1.16. The number of hydrogen-bond donors (Lipinski definition) is 1. The fourth-order valence-corrected chi connectivity index (χ4v) is 2.12. The fraction of sp³-hybridized carbons (Fsp3) is 0.417. The van der Waals surface area contributed by atoms with Crippen LogP contribution in [-0.2, 0) is 9.53 Å². The van der Waals surface area contributed by atoms with Crippen molar-refractivity contribution >= 4 is 5.97 Å². The fourth-order valence-electron chi connectivity index (χ4n) is 2.12. The second-order valence-electron chi connectivity index (χ2n) is 3.76. The van der Waals surface area contributed by atoms with Crippen LogP contribution in [0.15, 0.2) is 30.3 Å². The summed E-state index contributed by atoms with van der Waals surface area (Å²) >= 11 is 0. The van der Waals surface area contributed by atoms with Gasteiger partial charge in [-0.15, -0.1) is 0 Å². The van der Waals surface area contributed by atoms with E-state index in [1.165, 1.54) is 7.11 Å². The van der Waals surface area contributed by atoms with Crippen molar-refractivity contribution in [3.63, 3.8) is 0 Å². The Kier molecular flexibility index (Phi) is 3.02. The van der Waals surface area contributed by atoms with E-state index in [2.05, 4.69) is 5.32 Å². The highest BCUT2D eigenvalue weighted by Gasteiger charge is 2.34. The maximum Gasteiger partial charge on any atom is 0.310 e. The first-order chi connectivity index (χ1) is 7.33. The van der Waals surface area contributed by atoms with Crippen molar-refractivity contribution in [2.24, 2.45) is 5.92 Å². The van der Waals surface area contributed by atoms with Gasteiger partial charge >= 0.3 is 5.97 Å². The van der Waals surface area contributed by atoms with Gasteiger partial charge in [-0.2, -0.15) is 0 Å². The quantitative estimate of drug-likeness (QED) is 0.744. The van der Waals surface area contributed by atoms with Crippen LogP contribution in [0.1, 0.15) is 18.0 Å². The van der Waals surface area contributed by atoms with E-state index in [4.69, 9.17) is 4.74 Å². The highest BCUT2D eigenvalue weighted by atomic mass is 16.5. The minimum Gasteiger partial charge on any atom is -0.469 e. The number of esters is 1. The van der Waals surface area contributed by atoms with Gasteiger partial charge in [0.15, 0.2) is 0 Å². The highest BCUT2D eigenvalue weighted by molar-refractivity contribution is 5.74. The maximum absolute atomic E-state index is 11.5. The first-order valence-corrected chi connectivity index (χ1v) is 5.19. The molecule has 0 saturated carbocycles. The Morgan fingerprint density at radius 3 is 2.80 bits per heavy atom. The summed E-state index contributed by atoms with van der Waals surface area (Å²) in [4.78, 5) is 11.5. The Balaban J connectivity index is 2.18. The molecule has 1 aromatic rings. The molecular formula is C12H15NO2. The lowest BCUT2D eigenvalue weighted by Crippen LogP contribution is -2.24. The molecule has 0 radical (unpaired) electrons. The van der Waals surface area contributed by atoms with Crippen LogP contribution in [0.4, 0.5) is 0 Å². The van der Waals surface area contributed by atoms with Gasteiger partial charge in [-0.1, -0.05) is 30.3 Å². The Morgan fingerprint density at radius 1 is 1.40 bits per heavy atom. The lowest BCUT2D eigenvalue weighted by molar-refractivity contribution is -0.145. The van der Waals surface area contributed by atoms with Crippen LogP contribution in [0.5, 0.6) is 0 Å². The highest BCUT2D eigenvalue weighted by Crippen LogP contribution is 2.30. The number of ether oxygens (including phenoxy) is 1. The van der Waals surface area contributed by atoms with E-state index in [-0.39, 0.29) is 17.9 Å². The third-order valence-electron chi connectivity index (χ3n) is 2.88. The van der Waals surface area contributed by atoms with E-state index in [9.17, 15) is 4.79 Å². The van der Waals surface area contributed by atoms with Gasteiger partial charge < -0.3 is 10.1 Å². The number of benzene rings is 1. The van der Waals surface area contributed by atoms with E-state index in [0.29, 0.717) is 0 Å². The van der Waals surface area contributed by atoms with Crippen LogP contribution >= 0.6 is 0 Å². The molecular weight excluding hydrogens is 190 g/mol. The molecule has 1 aliphatic heterocycles. The maximum atomic E-state index is 11.5. The molecule has 1 N–H and O–H groups in total. The summed E-state index contributed by atoms with van der Waals surface area (Å²) < 4.78 is 4.81. The zero-order valence-electron chi connectivity index (χ0n) is 8.77. The van der Waals surface area contributed by atoms with Gasteiger partial charge in [-0.05, 0) is 18.5 Å². The third kappa shape index (κ3) is 2.02. The van der Waals surface area contributed by atoms with Crippen LogP contribution in [0.3, 0.4) is 0 Å². The molecule has 0 aromatic heterocycles. The topological polar surface area (TPSA) is 38.3 Å². The molecule has 0 bridgehead atoms. The lowest BCUT2D eigenvalue weighted by atomic mass is 9.94. The van der Waals surface area contributed by atoms with Gasteiger partial charge in [-0.3, -0.25) is 4.79 Å². The second-order valence-corrected chi connectivity index (χ2v) is 3.76. The summed E-state index contributed by atoms with van der Waals surface area (Å²) in [7, 11) is 1.45. The average molecular weight is 205 g/mol. The molecule has 1 aliphatic rings. The first-order valence-electron chi connectivity index (χ1n) is 5.19. The zero-order chi connectivity index (χ0) is 10.7. The second kappa shape index (κ2) is 4.45. The van der Waals surface area contributed by atoms with Gasteiger partial charge in [0.1, 0.15) is 0 Å². The van der Waals surface area contributed by atoms with E-state index in [0.717, 1.165) is 18.5 Å². The van der Waals surface area contributed by atoms with Crippen molar-refractivity contribution in [1.82, 2.24) is 5.32 Å². The molecule has 2 rings (SSSR count). The summed E-state index contributed by atoms with van der Waals surface area (Å²) in [6, 6.07) is 10.1. The van der Waals surface area contributed by atoms with Crippen molar-refractivity contribution in [2.75, 3.05) is 13.7 Å². The van der Waals surface area contributed by atoms with Crippen molar-refractivity contribution in [3.8, 4) is 0 Å². The Bertz CT molecular complexity index is 337. The molecule has 2 unspecified atom stereocenters. The monoisotopic (exact) mass is 205 g/mol. The number of hydrogen-bond acceptors (Lipinski definition) is 3. The number of nitrogens with one attached hydrogen (secondary N) is 1.